The molecule has 0 radical (unpaired) electrons. The van der Waals surface area contributed by atoms with Gasteiger partial charge in [0.1, 0.15) is 0 Å². The van der Waals surface area contributed by atoms with Crippen LogP contribution in [0.5, 0.6) is 0 Å². The van der Waals surface area contributed by atoms with Crippen LogP contribution >= 0.6 is 0 Å². The van der Waals surface area contributed by atoms with Crippen LogP contribution in [0.25, 0.3) is 0 Å². The Kier molecular flexibility index (Phi) is 3.24. The van der Waals surface area contributed by atoms with Gasteiger partial charge in [-0.3, -0.25) is 9.59 Å². The lowest BCUT2D eigenvalue weighted by Gasteiger charge is -1.96. The molecule has 86 valence electrons. The van der Waals surface area contributed by atoms with Gasteiger partial charge < -0.3 is 0 Å². The molecule has 0 unspecified atom stereocenters. The van der Waals surface area contributed by atoms with Crippen molar-refractivity contribution in [1.29, 1.82) is 0 Å². The second-order valence-electron chi connectivity index (χ2n) is 2.87. The normalized spacial score (nSPS) is 13.4. The van der Waals surface area contributed by atoms with Crippen molar-refractivity contribution in [3.8, 4) is 0 Å². The van der Waals surface area contributed by atoms with Crippen LogP contribution in [0.4, 0.5) is 0 Å². The summed E-state index contributed by atoms with van der Waals surface area (Å²) in [6.07, 6.45) is 0.902. The topological polar surface area (TPSA) is 112 Å². The van der Waals surface area contributed by atoms with Crippen LogP contribution in [0, 0.1) is 10.1 Å². The lowest BCUT2D eigenvalue weighted by atomic mass is 10.1. The number of carbonyl (C=O) groups is 2. The summed E-state index contributed by atoms with van der Waals surface area (Å²) >= 11 is 0. The summed E-state index contributed by atoms with van der Waals surface area (Å²) in [6.45, 7) is 2.64. The summed E-state index contributed by atoms with van der Waals surface area (Å²) < 4.78 is 0. The molecule has 1 heterocycles. The van der Waals surface area contributed by atoms with Crippen molar-refractivity contribution in [2.45, 2.75) is 13.8 Å². The molecule has 16 heavy (non-hydrogen) atoms. The quantitative estimate of drug-likeness (QED) is 0.226. The second-order valence-corrected chi connectivity index (χ2v) is 2.87. The number of hydrogen-bond donors (Lipinski definition) is 0. The summed E-state index contributed by atoms with van der Waals surface area (Å²) in [6, 6.07) is 0. The van der Waals surface area contributed by atoms with E-state index in [9.17, 15) is 19.7 Å². The molecule has 0 N–H and O–H groups in total. The van der Waals surface area contributed by atoms with Crippen molar-refractivity contribution in [3.63, 3.8) is 0 Å². The molecule has 0 aromatic heterocycles. The molecule has 1 rings (SSSR count). The Morgan fingerprint density at radius 2 is 1.94 bits per heavy atom. The van der Waals surface area contributed by atoms with E-state index in [1.807, 2.05) is 0 Å². The summed E-state index contributed by atoms with van der Waals surface area (Å²) in [5, 5.41) is 8.61. The van der Waals surface area contributed by atoms with Gasteiger partial charge in [0.05, 0.1) is 5.57 Å². The van der Waals surface area contributed by atoms with Crippen LogP contribution in [0.15, 0.2) is 23.2 Å². The first-order valence-corrected chi connectivity index (χ1v) is 4.06. The molecule has 1 aliphatic rings. The third kappa shape index (κ3) is 3.08. The number of nitrogens with zero attached hydrogens (tertiary/aromatic N) is 1. The number of hydrogen-bond acceptors (Lipinski definition) is 7. The molecule has 0 saturated carbocycles. The maximum Gasteiger partial charge on any atom is 0.385 e. The number of carbonyl (C=O) groups excluding carboxylic acids is 2. The van der Waals surface area contributed by atoms with Gasteiger partial charge in [0, 0.05) is 5.57 Å². The van der Waals surface area contributed by atoms with Crippen LogP contribution in [-0.2, 0) is 24.2 Å². The Hall–Kier alpha value is -2.38. The fourth-order valence-corrected chi connectivity index (χ4v) is 0.750. The van der Waals surface area contributed by atoms with Crippen LogP contribution in [0.1, 0.15) is 13.8 Å². The largest absolute Gasteiger partial charge is 0.385 e. The molecule has 1 aliphatic heterocycles. The maximum absolute atomic E-state index is 11.4. The minimum atomic E-state index is -1.25. The molecule has 8 heteroatoms. The first-order valence-electron chi connectivity index (χ1n) is 4.06. The Bertz CT molecular complexity index is 414. The molecule has 0 aromatic rings. The average molecular weight is 229 g/mol. The molecule has 0 aliphatic carbocycles. The van der Waals surface area contributed by atoms with Crippen molar-refractivity contribution in [2.24, 2.45) is 0 Å². The minimum Gasteiger partial charge on any atom is -0.289 e. The van der Waals surface area contributed by atoms with E-state index >= 15 is 0 Å². The molecule has 0 bridgehead atoms. The highest BCUT2D eigenvalue weighted by Gasteiger charge is 2.26. The zero-order valence-corrected chi connectivity index (χ0v) is 8.38. The summed E-state index contributed by atoms with van der Waals surface area (Å²) in [5.41, 5.74) is -0.0319. The van der Waals surface area contributed by atoms with Gasteiger partial charge in [-0.05, 0) is 19.9 Å². The van der Waals surface area contributed by atoms with Gasteiger partial charge in [-0.25, -0.2) is 14.6 Å². The van der Waals surface area contributed by atoms with Crippen molar-refractivity contribution >= 4 is 11.8 Å². The number of allylic oxidation sites excluding steroid dienone is 2. The van der Waals surface area contributed by atoms with E-state index in [-0.39, 0.29) is 17.1 Å². The van der Waals surface area contributed by atoms with E-state index in [1.165, 1.54) is 13.8 Å². The molecule has 0 amide bonds. The second kappa shape index (κ2) is 4.43. The fraction of sp³-hybridized carbons (Fsp3) is 0.250. The Labute approximate surface area is 89.1 Å². The lowest BCUT2D eigenvalue weighted by Crippen LogP contribution is -2.12. The zero-order valence-electron chi connectivity index (χ0n) is 8.38. The third-order valence-corrected chi connectivity index (χ3v) is 1.67. The highest BCUT2D eigenvalue weighted by Crippen LogP contribution is 2.22. The van der Waals surface area contributed by atoms with Gasteiger partial charge in [-0.15, -0.1) is 10.1 Å². The van der Waals surface area contributed by atoms with Crippen molar-refractivity contribution < 1.29 is 29.3 Å². The summed E-state index contributed by atoms with van der Waals surface area (Å²) in [4.78, 5) is 44.4. The Morgan fingerprint density at radius 1 is 1.38 bits per heavy atom. The monoisotopic (exact) mass is 229 g/mol. The van der Waals surface area contributed by atoms with Crippen molar-refractivity contribution in [1.82, 2.24) is 0 Å². The van der Waals surface area contributed by atoms with Crippen molar-refractivity contribution in [2.75, 3.05) is 0 Å². The van der Waals surface area contributed by atoms with Crippen LogP contribution in [0.2, 0.25) is 0 Å². The SMILES string of the molecule is CC(C(=O)/C=C(\C)C(=O)O[N+](=O)[O-])=C1OO1. The number of rotatable bonds is 4. The van der Waals surface area contributed by atoms with Crippen molar-refractivity contribution in [3.05, 3.63) is 33.3 Å². The van der Waals surface area contributed by atoms with E-state index in [2.05, 4.69) is 14.6 Å². The average Bonchev–Trinajstić information content (AvgIpc) is 2.98. The highest BCUT2D eigenvalue weighted by molar-refractivity contribution is 6.07. The zero-order chi connectivity index (χ0) is 12.3. The Balaban J connectivity index is 2.69. The molecule has 8 nitrogen and oxygen atoms in total. The third-order valence-electron chi connectivity index (χ3n) is 1.67. The van der Waals surface area contributed by atoms with E-state index in [0.29, 0.717) is 0 Å². The summed E-state index contributed by atoms with van der Waals surface area (Å²) in [5.74, 6) is -1.68. The molecular formula is C8H7NO7. The fourth-order valence-electron chi connectivity index (χ4n) is 0.750. The predicted molar refractivity (Wildman–Crippen MR) is 46.7 cm³/mol. The maximum atomic E-state index is 11.4. The highest BCUT2D eigenvalue weighted by atomic mass is 17.4. The molecule has 0 aromatic carbocycles. The molecule has 1 fully saturated rings. The van der Waals surface area contributed by atoms with Gasteiger partial charge in [-0.2, -0.15) is 0 Å². The van der Waals surface area contributed by atoms with Gasteiger partial charge in [-0.1, -0.05) is 0 Å². The lowest BCUT2D eigenvalue weighted by molar-refractivity contribution is -0.728. The Morgan fingerprint density at radius 3 is 2.38 bits per heavy atom. The molecule has 1 saturated heterocycles. The van der Waals surface area contributed by atoms with Crippen LogP contribution in [0.3, 0.4) is 0 Å². The predicted octanol–water partition coefficient (Wildman–Crippen LogP) is 0.430. The van der Waals surface area contributed by atoms with Crippen LogP contribution in [-0.4, -0.2) is 16.8 Å². The first kappa shape index (κ1) is 11.7. The molecule has 0 atom stereocenters. The van der Waals surface area contributed by atoms with Gasteiger partial charge in [0.15, 0.2) is 5.78 Å². The standard InChI is InChI=1S/C8H7NO7/c1-4(7(11)14-9(12)13)3-6(10)5(2)8-15-16-8/h3H,1-2H3/b4-3+. The van der Waals surface area contributed by atoms with E-state index < -0.39 is 16.8 Å². The van der Waals surface area contributed by atoms with E-state index in [4.69, 9.17) is 0 Å². The van der Waals surface area contributed by atoms with Gasteiger partial charge in [0.2, 0.25) is 0 Å². The van der Waals surface area contributed by atoms with Gasteiger partial charge in [0.25, 0.3) is 0 Å². The summed E-state index contributed by atoms with van der Waals surface area (Å²) in [7, 11) is 0. The number of ketones is 1. The van der Waals surface area contributed by atoms with E-state index in [1.54, 1.807) is 0 Å². The first-order chi connectivity index (χ1) is 7.41. The molecular weight excluding hydrogens is 222 g/mol. The minimum absolute atomic E-state index is 0.0664. The van der Waals surface area contributed by atoms with Gasteiger partial charge >= 0.3 is 17.0 Å². The molecule has 0 spiro atoms. The smallest absolute Gasteiger partial charge is 0.289 e. The van der Waals surface area contributed by atoms with E-state index in [0.717, 1.165) is 6.08 Å². The van der Waals surface area contributed by atoms with Crippen LogP contribution < -0.4 is 0 Å².